The fraction of sp³-hybridized carbons (Fsp3) is 0.231. The van der Waals surface area contributed by atoms with Crippen LogP contribution in [-0.2, 0) is 13.6 Å². The van der Waals surface area contributed by atoms with Gasteiger partial charge in [-0.3, -0.25) is 19.6 Å². The molecule has 0 saturated heterocycles. The van der Waals surface area contributed by atoms with Crippen molar-refractivity contribution < 1.29 is 9.72 Å². The lowest BCUT2D eigenvalue weighted by Crippen LogP contribution is -2.23. The Bertz CT molecular complexity index is 663. The molecular weight excluding hydrogens is 260 g/mol. The third-order valence-corrected chi connectivity index (χ3v) is 3.05. The van der Waals surface area contributed by atoms with E-state index in [1.54, 1.807) is 30.8 Å². The molecule has 104 valence electrons. The third kappa shape index (κ3) is 2.82. The summed E-state index contributed by atoms with van der Waals surface area (Å²) < 4.78 is 1.61. The number of nitrogens with one attached hydrogen (secondary N) is 1. The zero-order valence-corrected chi connectivity index (χ0v) is 11.2. The van der Waals surface area contributed by atoms with Gasteiger partial charge in [-0.15, -0.1) is 0 Å². The Balaban J connectivity index is 2.05. The van der Waals surface area contributed by atoms with Crippen molar-refractivity contribution in [2.75, 3.05) is 0 Å². The van der Waals surface area contributed by atoms with Crippen LogP contribution in [0.4, 0.5) is 5.69 Å². The van der Waals surface area contributed by atoms with E-state index in [9.17, 15) is 14.9 Å². The van der Waals surface area contributed by atoms with Crippen LogP contribution >= 0.6 is 0 Å². The van der Waals surface area contributed by atoms with E-state index < -0.39 is 4.92 Å². The number of aryl methyl sites for hydroxylation is 1. The fourth-order valence-electron chi connectivity index (χ4n) is 1.78. The molecule has 0 aliphatic rings. The molecule has 1 amide bonds. The first-order chi connectivity index (χ1) is 9.49. The van der Waals surface area contributed by atoms with Crippen molar-refractivity contribution in [3.63, 3.8) is 0 Å². The number of benzene rings is 1. The molecule has 7 nitrogen and oxygen atoms in total. The highest BCUT2D eigenvalue weighted by molar-refractivity contribution is 5.94. The van der Waals surface area contributed by atoms with Gasteiger partial charge in [0, 0.05) is 31.4 Å². The number of nitrogens with zero attached hydrogens (tertiary/aromatic N) is 3. The summed E-state index contributed by atoms with van der Waals surface area (Å²) in [6, 6.07) is 6.17. The lowest BCUT2D eigenvalue weighted by Gasteiger charge is -2.05. The molecule has 20 heavy (non-hydrogen) atoms. The minimum absolute atomic E-state index is 0.00862. The van der Waals surface area contributed by atoms with Crippen LogP contribution in [0.15, 0.2) is 30.5 Å². The highest BCUT2D eigenvalue weighted by Crippen LogP contribution is 2.13. The van der Waals surface area contributed by atoms with E-state index in [2.05, 4.69) is 10.4 Å². The average Bonchev–Trinajstić information content (AvgIpc) is 2.77. The van der Waals surface area contributed by atoms with Gasteiger partial charge in [0.2, 0.25) is 0 Å². The molecule has 0 spiro atoms. The molecule has 0 fully saturated rings. The van der Waals surface area contributed by atoms with Gasteiger partial charge >= 0.3 is 0 Å². The monoisotopic (exact) mass is 274 g/mol. The molecule has 7 heteroatoms. The van der Waals surface area contributed by atoms with Crippen LogP contribution in [0.25, 0.3) is 0 Å². The summed E-state index contributed by atoms with van der Waals surface area (Å²) >= 11 is 0. The van der Waals surface area contributed by atoms with Gasteiger partial charge in [0.15, 0.2) is 0 Å². The Morgan fingerprint density at radius 1 is 1.50 bits per heavy atom. The zero-order chi connectivity index (χ0) is 14.7. The summed E-state index contributed by atoms with van der Waals surface area (Å²) in [4.78, 5) is 22.2. The van der Waals surface area contributed by atoms with Crippen LogP contribution < -0.4 is 5.32 Å². The second-order valence-corrected chi connectivity index (χ2v) is 4.38. The number of carbonyl (C=O) groups is 1. The van der Waals surface area contributed by atoms with Crippen LogP contribution in [-0.4, -0.2) is 20.6 Å². The maximum absolute atomic E-state index is 12.0. The molecule has 0 aliphatic carbocycles. The van der Waals surface area contributed by atoms with Crippen LogP contribution in [0.3, 0.4) is 0 Å². The van der Waals surface area contributed by atoms with Crippen LogP contribution in [0, 0.1) is 17.0 Å². The largest absolute Gasteiger partial charge is 0.348 e. The number of hydrogen-bond donors (Lipinski definition) is 1. The molecule has 1 heterocycles. The highest BCUT2D eigenvalue weighted by Gasteiger charge is 2.13. The predicted molar refractivity (Wildman–Crippen MR) is 72.2 cm³/mol. The minimum atomic E-state index is -0.462. The van der Waals surface area contributed by atoms with Crippen LogP contribution in [0.2, 0.25) is 0 Å². The highest BCUT2D eigenvalue weighted by atomic mass is 16.6. The van der Waals surface area contributed by atoms with Gasteiger partial charge in [-0.1, -0.05) is 12.1 Å². The van der Waals surface area contributed by atoms with Crippen molar-refractivity contribution in [2.45, 2.75) is 13.5 Å². The quantitative estimate of drug-likeness (QED) is 0.676. The van der Waals surface area contributed by atoms with Gasteiger partial charge in [0.05, 0.1) is 16.7 Å². The summed E-state index contributed by atoms with van der Waals surface area (Å²) in [6.45, 7) is 2.03. The normalized spacial score (nSPS) is 10.3. The summed E-state index contributed by atoms with van der Waals surface area (Å²) in [5.74, 6) is -0.248. The second kappa shape index (κ2) is 5.52. The molecule has 0 saturated carbocycles. The number of carbonyl (C=O) groups excluding carboxylic acids is 1. The maximum atomic E-state index is 12.0. The van der Waals surface area contributed by atoms with Crippen molar-refractivity contribution in [1.29, 1.82) is 0 Å². The van der Waals surface area contributed by atoms with Crippen molar-refractivity contribution >= 4 is 11.6 Å². The van der Waals surface area contributed by atoms with Crippen LogP contribution in [0.1, 0.15) is 21.6 Å². The molecular formula is C13H14N4O3. The Labute approximate surface area is 115 Å². The number of rotatable bonds is 4. The third-order valence-electron chi connectivity index (χ3n) is 3.05. The van der Waals surface area contributed by atoms with E-state index in [-0.39, 0.29) is 18.1 Å². The van der Waals surface area contributed by atoms with E-state index in [1.807, 2.05) is 0 Å². The molecule has 1 aromatic carbocycles. The molecule has 0 aliphatic heterocycles. The summed E-state index contributed by atoms with van der Waals surface area (Å²) in [7, 11) is 1.76. The Hall–Kier alpha value is -2.70. The van der Waals surface area contributed by atoms with Crippen molar-refractivity contribution in [1.82, 2.24) is 15.1 Å². The van der Waals surface area contributed by atoms with E-state index in [4.69, 9.17) is 0 Å². The number of nitro groups is 1. The summed E-state index contributed by atoms with van der Waals surface area (Å²) in [5, 5.41) is 17.4. The molecule has 2 aromatic rings. The molecule has 1 aromatic heterocycles. The summed E-state index contributed by atoms with van der Waals surface area (Å²) in [5.41, 5.74) is 1.95. The van der Waals surface area contributed by atoms with E-state index in [0.717, 1.165) is 5.69 Å². The van der Waals surface area contributed by atoms with E-state index >= 15 is 0 Å². The average molecular weight is 274 g/mol. The van der Waals surface area contributed by atoms with E-state index in [1.165, 1.54) is 18.3 Å². The van der Waals surface area contributed by atoms with Crippen LogP contribution in [0.5, 0.6) is 0 Å². The van der Waals surface area contributed by atoms with Gasteiger partial charge in [-0.2, -0.15) is 5.10 Å². The smallest absolute Gasteiger partial charge is 0.269 e. The SMILES string of the molecule is Cc1c(C(=O)NCc2cccc([N+](=O)[O-])c2)cnn1C. The lowest BCUT2D eigenvalue weighted by molar-refractivity contribution is -0.384. The zero-order valence-electron chi connectivity index (χ0n) is 11.2. The second-order valence-electron chi connectivity index (χ2n) is 4.38. The number of aromatic nitrogens is 2. The number of amides is 1. The van der Waals surface area contributed by atoms with Gasteiger partial charge in [0.1, 0.15) is 0 Å². The van der Waals surface area contributed by atoms with Gasteiger partial charge in [0.25, 0.3) is 11.6 Å². The first-order valence-electron chi connectivity index (χ1n) is 5.99. The molecule has 0 atom stereocenters. The standard InChI is InChI=1S/C13H14N4O3/c1-9-12(8-15-16(9)2)13(18)14-7-10-4-3-5-11(6-10)17(19)20/h3-6,8H,7H2,1-2H3,(H,14,18). The fourth-order valence-corrected chi connectivity index (χ4v) is 1.78. The Morgan fingerprint density at radius 3 is 2.85 bits per heavy atom. The number of hydrogen-bond acceptors (Lipinski definition) is 4. The Morgan fingerprint density at radius 2 is 2.25 bits per heavy atom. The minimum Gasteiger partial charge on any atom is -0.348 e. The van der Waals surface area contributed by atoms with Gasteiger partial charge in [-0.25, -0.2) is 0 Å². The topological polar surface area (TPSA) is 90.1 Å². The molecule has 2 rings (SSSR count). The number of non-ortho nitro benzene ring substituents is 1. The van der Waals surface area contributed by atoms with Crippen molar-refractivity contribution in [3.05, 3.63) is 57.4 Å². The first kappa shape index (κ1) is 13.7. The Kier molecular flexibility index (Phi) is 3.79. The van der Waals surface area contributed by atoms with Gasteiger partial charge < -0.3 is 5.32 Å². The van der Waals surface area contributed by atoms with Crippen molar-refractivity contribution in [3.8, 4) is 0 Å². The number of nitro benzene ring substituents is 1. The van der Waals surface area contributed by atoms with Crippen molar-refractivity contribution in [2.24, 2.45) is 7.05 Å². The first-order valence-corrected chi connectivity index (χ1v) is 5.99. The molecule has 0 radical (unpaired) electrons. The predicted octanol–water partition coefficient (Wildman–Crippen LogP) is 1.57. The maximum Gasteiger partial charge on any atom is 0.269 e. The molecule has 1 N–H and O–H groups in total. The van der Waals surface area contributed by atoms with E-state index in [0.29, 0.717) is 11.1 Å². The molecule has 0 bridgehead atoms. The lowest BCUT2D eigenvalue weighted by atomic mass is 10.2. The molecule has 0 unspecified atom stereocenters. The van der Waals surface area contributed by atoms with Gasteiger partial charge in [-0.05, 0) is 12.5 Å². The summed E-state index contributed by atoms with van der Waals surface area (Å²) in [6.07, 6.45) is 1.50.